The maximum Gasteiger partial charge on any atom is 0.284 e. The standard InChI is InChI=1S/C18H19ClN6O2/c1-12-5-6-13(9-14(12)19)25-17-16(21-22-25)18(27)24(11-20-17)10-15(26)23-7-3-2-4-8-23/h5-6,9,11H,2-4,7-8,10H2,1H3. The van der Waals surface area contributed by atoms with Gasteiger partial charge < -0.3 is 4.90 Å². The van der Waals surface area contributed by atoms with Crippen LogP contribution in [0.25, 0.3) is 16.9 Å². The van der Waals surface area contributed by atoms with Gasteiger partial charge in [0.2, 0.25) is 5.91 Å². The van der Waals surface area contributed by atoms with E-state index >= 15 is 0 Å². The van der Waals surface area contributed by atoms with Crippen molar-refractivity contribution in [2.24, 2.45) is 0 Å². The van der Waals surface area contributed by atoms with Crippen LogP contribution in [0.3, 0.4) is 0 Å². The number of fused-ring (bicyclic) bond motifs is 1. The van der Waals surface area contributed by atoms with Gasteiger partial charge in [-0.25, -0.2) is 4.98 Å². The fourth-order valence-electron chi connectivity index (χ4n) is 3.23. The lowest BCUT2D eigenvalue weighted by molar-refractivity contribution is -0.132. The first-order valence-corrected chi connectivity index (χ1v) is 9.27. The summed E-state index contributed by atoms with van der Waals surface area (Å²) in [6.07, 6.45) is 4.53. The number of likely N-dealkylation sites (tertiary alicyclic amines) is 1. The van der Waals surface area contributed by atoms with Crippen molar-refractivity contribution < 1.29 is 4.79 Å². The number of nitrogens with zero attached hydrogens (tertiary/aromatic N) is 6. The van der Waals surface area contributed by atoms with Gasteiger partial charge in [-0.3, -0.25) is 14.2 Å². The lowest BCUT2D eigenvalue weighted by Crippen LogP contribution is -2.39. The fraction of sp³-hybridized carbons (Fsp3) is 0.389. The third-order valence-corrected chi connectivity index (χ3v) is 5.25. The number of carbonyl (C=O) groups is 1. The van der Waals surface area contributed by atoms with Gasteiger partial charge in [0.15, 0.2) is 11.2 Å². The van der Waals surface area contributed by atoms with Crippen LogP contribution >= 0.6 is 11.6 Å². The average molecular weight is 387 g/mol. The Hall–Kier alpha value is -2.74. The number of amides is 1. The molecule has 0 N–H and O–H groups in total. The van der Waals surface area contributed by atoms with Gasteiger partial charge in [-0.2, -0.15) is 4.68 Å². The van der Waals surface area contributed by atoms with Crippen molar-refractivity contribution in [2.45, 2.75) is 32.7 Å². The van der Waals surface area contributed by atoms with Crippen LogP contribution in [0.15, 0.2) is 29.3 Å². The molecule has 1 saturated heterocycles. The van der Waals surface area contributed by atoms with Gasteiger partial charge in [0.05, 0.1) is 5.69 Å². The van der Waals surface area contributed by atoms with E-state index in [0.29, 0.717) is 16.4 Å². The molecule has 0 atom stereocenters. The fourth-order valence-corrected chi connectivity index (χ4v) is 3.41. The minimum absolute atomic E-state index is 0.0367. The Labute approximate surface area is 160 Å². The van der Waals surface area contributed by atoms with E-state index in [1.807, 2.05) is 19.1 Å². The van der Waals surface area contributed by atoms with Crippen molar-refractivity contribution in [3.8, 4) is 5.69 Å². The third-order valence-electron chi connectivity index (χ3n) is 4.84. The molecule has 0 saturated carbocycles. The minimum Gasteiger partial charge on any atom is -0.341 e. The van der Waals surface area contributed by atoms with Crippen molar-refractivity contribution in [1.29, 1.82) is 0 Å². The molecular weight excluding hydrogens is 368 g/mol. The lowest BCUT2D eigenvalue weighted by atomic mass is 10.1. The second kappa shape index (κ2) is 7.11. The van der Waals surface area contributed by atoms with Crippen LogP contribution in [-0.4, -0.2) is 48.4 Å². The number of hydrogen-bond acceptors (Lipinski definition) is 5. The van der Waals surface area contributed by atoms with Crippen LogP contribution in [0.2, 0.25) is 5.02 Å². The summed E-state index contributed by atoms with van der Waals surface area (Å²) in [7, 11) is 0. The third kappa shape index (κ3) is 3.32. The monoisotopic (exact) mass is 386 g/mol. The summed E-state index contributed by atoms with van der Waals surface area (Å²) in [4.78, 5) is 31.3. The second-order valence-corrected chi connectivity index (χ2v) is 7.13. The highest BCUT2D eigenvalue weighted by molar-refractivity contribution is 6.31. The van der Waals surface area contributed by atoms with Crippen LogP contribution in [0, 0.1) is 6.92 Å². The Kier molecular flexibility index (Phi) is 4.65. The van der Waals surface area contributed by atoms with E-state index in [4.69, 9.17) is 11.6 Å². The first kappa shape index (κ1) is 17.7. The molecule has 4 rings (SSSR count). The van der Waals surface area contributed by atoms with Crippen molar-refractivity contribution in [1.82, 2.24) is 29.4 Å². The van der Waals surface area contributed by atoms with Crippen LogP contribution < -0.4 is 5.56 Å². The molecule has 1 amide bonds. The Balaban J connectivity index is 1.66. The molecule has 3 heterocycles. The molecule has 9 heteroatoms. The molecule has 8 nitrogen and oxygen atoms in total. The first-order chi connectivity index (χ1) is 13.0. The van der Waals surface area contributed by atoms with E-state index in [1.54, 1.807) is 11.0 Å². The number of carbonyl (C=O) groups excluding carboxylic acids is 1. The number of hydrogen-bond donors (Lipinski definition) is 0. The lowest BCUT2D eigenvalue weighted by Gasteiger charge is -2.26. The van der Waals surface area contributed by atoms with E-state index in [9.17, 15) is 9.59 Å². The van der Waals surface area contributed by atoms with Gasteiger partial charge in [0.25, 0.3) is 5.56 Å². The number of benzene rings is 1. The molecular formula is C18H19ClN6O2. The molecule has 1 aliphatic rings. The predicted octanol–water partition coefficient (Wildman–Crippen LogP) is 1.95. The Morgan fingerprint density at radius 1 is 1.22 bits per heavy atom. The van der Waals surface area contributed by atoms with E-state index in [-0.39, 0.29) is 23.5 Å². The number of piperidine rings is 1. The Morgan fingerprint density at radius 3 is 2.74 bits per heavy atom. The van der Waals surface area contributed by atoms with Gasteiger partial charge in [-0.15, -0.1) is 5.10 Å². The molecule has 1 fully saturated rings. The topological polar surface area (TPSA) is 85.9 Å². The summed E-state index contributed by atoms with van der Waals surface area (Å²) in [6, 6.07) is 5.45. The summed E-state index contributed by atoms with van der Waals surface area (Å²) in [5.41, 5.74) is 1.69. The van der Waals surface area contributed by atoms with Crippen LogP contribution in [0.5, 0.6) is 0 Å². The molecule has 1 aliphatic heterocycles. The predicted molar refractivity (Wildman–Crippen MR) is 101 cm³/mol. The molecule has 0 bridgehead atoms. The SMILES string of the molecule is Cc1ccc(-n2nnc3c(=O)n(CC(=O)N4CCCCC4)cnc32)cc1Cl. The molecule has 0 aliphatic carbocycles. The highest BCUT2D eigenvalue weighted by Gasteiger charge is 2.19. The molecule has 0 radical (unpaired) electrons. The summed E-state index contributed by atoms with van der Waals surface area (Å²) >= 11 is 6.18. The zero-order valence-corrected chi connectivity index (χ0v) is 15.7. The van der Waals surface area contributed by atoms with Crippen LogP contribution in [0.1, 0.15) is 24.8 Å². The molecule has 0 unspecified atom stereocenters. The summed E-state index contributed by atoms with van der Waals surface area (Å²) in [5, 5.41) is 8.61. The van der Waals surface area contributed by atoms with Gasteiger partial charge >= 0.3 is 0 Å². The van der Waals surface area contributed by atoms with E-state index in [1.165, 1.54) is 15.6 Å². The van der Waals surface area contributed by atoms with Crippen molar-refractivity contribution in [3.05, 3.63) is 45.5 Å². The molecule has 27 heavy (non-hydrogen) atoms. The van der Waals surface area contributed by atoms with Gasteiger partial charge in [0.1, 0.15) is 12.9 Å². The molecule has 1 aromatic carbocycles. The number of aryl methyl sites for hydroxylation is 1. The molecule has 0 spiro atoms. The Morgan fingerprint density at radius 2 is 2.00 bits per heavy atom. The largest absolute Gasteiger partial charge is 0.341 e. The summed E-state index contributed by atoms with van der Waals surface area (Å²) < 4.78 is 2.76. The molecule has 3 aromatic rings. The number of aromatic nitrogens is 5. The van der Waals surface area contributed by atoms with Gasteiger partial charge in [-0.1, -0.05) is 22.9 Å². The number of halogens is 1. The number of rotatable bonds is 3. The zero-order chi connectivity index (χ0) is 19.0. The van der Waals surface area contributed by atoms with Gasteiger partial charge in [0, 0.05) is 18.1 Å². The Bertz CT molecular complexity index is 1070. The average Bonchev–Trinajstić information content (AvgIpc) is 3.12. The van der Waals surface area contributed by atoms with Crippen LogP contribution in [0.4, 0.5) is 0 Å². The molecule has 140 valence electrons. The highest BCUT2D eigenvalue weighted by atomic mass is 35.5. The smallest absolute Gasteiger partial charge is 0.284 e. The quantitative estimate of drug-likeness (QED) is 0.686. The highest BCUT2D eigenvalue weighted by Crippen LogP contribution is 2.20. The normalized spacial score (nSPS) is 14.7. The zero-order valence-electron chi connectivity index (χ0n) is 14.9. The van der Waals surface area contributed by atoms with Gasteiger partial charge in [-0.05, 0) is 43.9 Å². The minimum atomic E-state index is -0.380. The first-order valence-electron chi connectivity index (χ1n) is 8.90. The maximum atomic E-state index is 12.7. The van der Waals surface area contributed by atoms with E-state index in [2.05, 4.69) is 15.3 Å². The summed E-state index contributed by atoms with van der Waals surface area (Å²) in [5.74, 6) is -0.0735. The van der Waals surface area contributed by atoms with Crippen LogP contribution in [-0.2, 0) is 11.3 Å². The summed E-state index contributed by atoms with van der Waals surface area (Å²) in [6.45, 7) is 3.36. The maximum absolute atomic E-state index is 12.7. The van der Waals surface area contributed by atoms with Crippen molar-refractivity contribution in [2.75, 3.05) is 13.1 Å². The van der Waals surface area contributed by atoms with Crippen molar-refractivity contribution >= 4 is 28.7 Å². The van der Waals surface area contributed by atoms with E-state index < -0.39 is 0 Å². The molecule has 2 aromatic heterocycles. The van der Waals surface area contributed by atoms with Crippen molar-refractivity contribution in [3.63, 3.8) is 0 Å². The second-order valence-electron chi connectivity index (χ2n) is 6.73. The van der Waals surface area contributed by atoms with E-state index in [0.717, 1.165) is 37.9 Å².